The van der Waals surface area contributed by atoms with Crippen LogP contribution in [-0.2, 0) is 0 Å². The van der Waals surface area contributed by atoms with E-state index in [1.807, 2.05) is 18.7 Å². The molecule has 1 aromatic rings. The van der Waals surface area contributed by atoms with E-state index >= 15 is 0 Å². The summed E-state index contributed by atoms with van der Waals surface area (Å²) in [5.41, 5.74) is 1.10. The van der Waals surface area contributed by atoms with E-state index in [4.69, 9.17) is 0 Å². The molecule has 0 aliphatic heterocycles. The minimum Gasteiger partial charge on any atom is -0.320 e. The van der Waals surface area contributed by atoms with Crippen molar-refractivity contribution in [3.05, 3.63) is 18.0 Å². The predicted octanol–water partition coefficient (Wildman–Crippen LogP) is 1.75. The lowest BCUT2D eigenvalue weighted by Gasteiger charge is -2.11. The molecule has 1 heterocycles. The van der Waals surface area contributed by atoms with Gasteiger partial charge in [-0.25, -0.2) is 0 Å². The van der Waals surface area contributed by atoms with Crippen LogP contribution in [0.25, 0.3) is 0 Å². The normalized spacial score (nSPS) is 13.2. The van der Waals surface area contributed by atoms with E-state index < -0.39 is 0 Å². The molecular formula is C10H19N3. The summed E-state index contributed by atoms with van der Waals surface area (Å²) in [7, 11) is 1.99. The van der Waals surface area contributed by atoms with Gasteiger partial charge >= 0.3 is 0 Å². The molecule has 3 nitrogen and oxygen atoms in total. The second-order valence-electron chi connectivity index (χ2n) is 3.53. The molecule has 1 aromatic heterocycles. The number of aromatic nitrogens is 2. The zero-order valence-corrected chi connectivity index (χ0v) is 8.75. The molecule has 13 heavy (non-hydrogen) atoms. The summed E-state index contributed by atoms with van der Waals surface area (Å²) in [6.45, 7) is 5.32. The molecule has 0 aliphatic rings. The highest BCUT2D eigenvalue weighted by Crippen LogP contribution is 2.11. The maximum absolute atomic E-state index is 4.39. The molecular weight excluding hydrogens is 162 g/mol. The molecule has 1 rings (SSSR count). The molecule has 0 saturated carbocycles. The molecule has 1 unspecified atom stereocenters. The number of nitrogens with one attached hydrogen (secondary N) is 1. The predicted molar refractivity (Wildman–Crippen MR) is 54.8 cm³/mol. The third-order valence-electron chi connectivity index (χ3n) is 2.24. The topological polar surface area (TPSA) is 29.9 Å². The van der Waals surface area contributed by atoms with Gasteiger partial charge in [-0.05, 0) is 46.3 Å². The van der Waals surface area contributed by atoms with E-state index in [1.165, 1.54) is 12.8 Å². The number of hydrogen-bond acceptors (Lipinski definition) is 2. The summed E-state index contributed by atoms with van der Waals surface area (Å²) in [5, 5.41) is 7.54. The van der Waals surface area contributed by atoms with Gasteiger partial charge in [-0.15, -0.1) is 0 Å². The summed E-state index contributed by atoms with van der Waals surface area (Å²) in [6.07, 6.45) is 4.44. The molecule has 0 bridgehead atoms. The summed E-state index contributed by atoms with van der Waals surface area (Å²) in [4.78, 5) is 0. The monoisotopic (exact) mass is 181 g/mol. The van der Waals surface area contributed by atoms with Crippen LogP contribution in [-0.4, -0.2) is 23.4 Å². The third-order valence-corrected chi connectivity index (χ3v) is 2.24. The standard InChI is InChI=1S/C10H19N3/c1-9-6-8-13(12-9)10(2)5-4-7-11-3/h6,8,10-11H,4-5,7H2,1-3H3. The summed E-state index contributed by atoms with van der Waals surface area (Å²) < 4.78 is 2.05. The van der Waals surface area contributed by atoms with Crippen molar-refractivity contribution in [3.8, 4) is 0 Å². The quantitative estimate of drug-likeness (QED) is 0.701. The van der Waals surface area contributed by atoms with Gasteiger partial charge in [0.25, 0.3) is 0 Å². The minimum absolute atomic E-state index is 0.516. The second-order valence-corrected chi connectivity index (χ2v) is 3.53. The first-order chi connectivity index (χ1) is 6.24. The molecule has 1 atom stereocenters. The van der Waals surface area contributed by atoms with Crippen LogP contribution in [0.1, 0.15) is 31.5 Å². The first-order valence-corrected chi connectivity index (χ1v) is 4.90. The smallest absolute Gasteiger partial charge is 0.0593 e. The molecule has 0 fully saturated rings. The van der Waals surface area contributed by atoms with E-state index in [-0.39, 0.29) is 0 Å². The van der Waals surface area contributed by atoms with Crippen LogP contribution in [0, 0.1) is 6.92 Å². The van der Waals surface area contributed by atoms with Gasteiger partial charge in [-0.1, -0.05) is 0 Å². The van der Waals surface area contributed by atoms with Crippen molar-refractivity contribution in [2.24, 2.45) is 0 Å². The van der Waals surface area contributed by atoms with E-state index in [2.05, 4.69) is 29.6 Å². The Hall–Kier alpha value is -0.830. The summed E-state index contributed by atoms with van der Waals surface area (Å²) in [6, 6.07) is 2.57. The third kappa shape index (κ3) is 3.19. The number of nitrogens with zero attached hydrogens (tertiary/aromatic N) is 2. The van der Waals surface area contributed by atoms with Gasteiger partial charge in [-0.3, -0.25) is 4.68 Å². The molecule has 0 aromatic carbocycles. The average Bonchev–Trinajstić information content (AvgIpc) is 2.52. The zero-order valence-electron chi connectivity index (χ0n) is 8.75. The molecule has 1 N–H and O–H groups in total. The Morgan fingerprint density at radius 2 is 2.38 bits per heavy atom. The highest BCUT2D eigenvalue weighted by molar-refractivity contribution is 4.95. The van der Waals surface area contributed by atoms with Crippen molar-refractivity contribution in [1.29, 1.82) is 0 Å². The van der Waals surface area contributed by atoms with Crippen molar-refractivity contribution < 1.29 is 0 Å². The summed E-state index contributed by atoms with van der Waals surface area (Å²) in [5.74, 6) is 0. The maximum atomic E-state index is 4.39. The first kappa shape index (κ1) is 10.3. The van der Waals surface area contributed by atoms with E-state index in [1.54, 1.807) is 0 Å². The van der Waals surface area contributed by atoms with Gasteiger partial charge < -0.3 is 5.32 Å². The Balaban J connectivity index is 2.35. The molecule has 3 heteroatoms. The molecule has 0 saturated heterocycles. The van der Waals surface area contributed by atoms with Crippen molar-refractivity contribution in [3.63, 3.8) is 0 Å². The Labute approximate surface area is 80.1 Å². The van der Waals surface area contributed by atoms with Crippen LogP contribution in [0.5, 0.6) is 0 Å². The van der Waals surface area contributed by atoms with E-state index in [0.29, 0.717) is 6.04 Å². The maximum Gasteiger partial charge on any atom is 0.0593 e. The average molecular weight is 181 g/mol. The van der Waals surface area contributed by atoms with Gasteiger partial charge in [0.05, 0.1) is 5.69 Å². The van der Waals surface area contributed by atoms with Crippen LogP contribution in [0.15, 0.2) is 12.3 Å². The largest absolute Gasteiger partial charge is 0.320 e. The van der Waals surface area contributed by atoms with Gasteiger partial charge in [0.2, 0.25) is 0 Å². The van der Waals surface area contributed by atoms with Gasteiger partial charge in [0, 0.05) is 12.2 Å². The lowest BCUT2D eigenvalue weighted by molar-refractivity contribution is 0.441. The first-order valence-electron chi connectivity index (χ1n) is 4.90. The fourth-order valence-corrected chi connectivity index (χ4v) is 1.39. The highest BCUT2D eigenvalue weighted by atomic mass is 15.3. The number of aryl methyl sites for hydroxylation is 1. The Morgan fingerprint density at radius 3 is 2.92 bits per heavy atom. The number of hydrogen-bond donors (Lipinski definition) is 1. The molecule has 74 valence electrons. The number of rotatable bonds is 5. The lowest BCUT2D eigenvalue weighted by Crippen LogP contribution is -2.11. The van der Waals surface area contributed by atoms with Crippen molar-refractivity contribution in [1.82, 2.24) is 15.1 Å². The van der Waals surface area contributed by atoms with Crippen molar-refractivity contribution in [2.75, 3.05) is 13.6 Å². The minimum atomic E-state index is 0.516. The molecule has 0 amide bonds. The molecule has 0 radical (unpaired) electrons. The van der Waals surface area contributed by atoms with Gasteiger partial charge in [0.1, 0.15) is 0 Å². The van der Waals surface area contributed by atoms with Crippen LogP contribution in [0.4, 0.5) is 0 Å². The fraction of sp³-hybridized carbons (Fsp3) is 0.700. The SMILES string of the molecule is CNCCCC(C)n1ccc(C)n1. The lowest BCUT2D eigenvalue weighted by atomic mass is 10.2. The van der Waals surface area contributed by atoms with E-state index in [0.717, 1.165) is 12.2 Å². The van der Waals surface area contributed by atoms with Crippen LogP contribution in [0.3, 0.4) is 0 Å². The van der Waals surface area contributed by atoms with Gasteiger partial charge in [-0.2, -0.15) is 5.10 Å². The second kappa shape index (κ2) is 5.02. The Bertz CT molecular complexity index is 242. The summed E-state index contributed by atoms with van der Waals surface area (Å²) >= 11 is 0. The van der Waals surface area contributed by atoms with Gasteiger partial charge in [0.15, 0.2) is 0 Å². The highest BCUT2D eigenvalue weighted by Gasteiger charge is 2.04. The van der Waals surface area contributed by atoms with Crippen LogP contribution in [0.2, 0.25) is 0 Å². The molecule has 0 spiro atoms. The van der Waals surface area contributed by atoms with Crippen LogP contribution >= 0.6 is 0 Å². The van der Waals surface area contributed by atoms with E-state index in [9.17, 15) is 0 Å². The van der Waals surface area contributed by atoms with Crippen molar-refractivity contribution >= 4 is 0 Å². The van der Waals surface area contributed by atoms with Crippen molar-refractivity contribution in [2.45, 2.75) is 32.7 Å². The Morgan fingerprint density at radius 1 is 1.62 bits per heavy atom. The van der Waals surface area contributed by atoms with Crippen LogP contribution < -0.4 is 5.32 Å². The zero-order chi connectivity index (χ0) is 9.68. The Kier molecular flexibility index (Phi) is 3.96. The fourth-order valence-electron chi connectivity index (χ4n) is 1.39. The molecule has 0 aliphatic carbocycles.